The summed E-state index contributed by atoms with van der Waals surface area (Å²) in [7, 11) is -1.23. The molecule has 0 aromatic carbocycles. The van der Waals surface area contributed by atoms with Gasteiger partial charge in [-0.15, -0.1) is 0 Å². The summed E-state index contributed by atoms with van der Waals surface area (Å²) in [5.74, 6) is 1.10. The van der Waals surface area contributed by atoms with Crippen molar-refractivity contribution in [2.45, 2.75) is 18.9 Å². The Morgan fingerprint density at radius 3 is 2.76 bits per heavy atom. The first-order valence-electron chi connectivity index (χ1n) is 5.56. The van der Waals surface area contributed by atoms with Crippen molar-refractivity contribution in [3.05, 3.63) is 18.3 Å². The fourth-order valence-electron chi connectivity index (χ4n) is 1.88. The first kappa shape index (κ1) is 12.2. The molecule has 2 heterocycles. The lowest BCUT2D eigenvalue weighted by molar-refractivity contribution is 0.398. The number of hydrogen-bond acceptors (Lipinski definition) is 5. The van der Waals surface area contributed by atoms with Crippen LogP contribution in [0.25, 0.3) is 0 Å². The van der Waals surface area contributed by atoms with Crippen LogP contribution in [-0.2, 0) is 9.84 Å². The topological polar surface area (TPSA) is 68.3 Å². The molecule has 0 saturated carbocycles. The number of sulfone groups is 1. The zero-order chi connectivity index (χ0) is 12.3. The molecular weight excluding hydrogens is 240 g/mol. The smallest absolute Gasteiger partial charge is 0.214 e. The average molecular weight is 256 g/mol. The summed E-state index contributed by atoms with van der Waals surface area (Å²) in [6.45, 7) is 0. The van der Waals surface area contributed by atoms with Gasteiger partial charge in [-0.2, -0.15) is 0 Å². The van der Waals surface area contributed by atoms with Gasteiger partial charge in [0.2, 0.25) is 5.88 Å². The molecule has 0 aliphatic carbocycles. The quantitative estimate of drug-likeness (QED) is 0.876. The predicted molar refractivity (Wildman–Crippen MR) is 66.1 cm³/mol. The van der Waals surface area contributed by atoms with E-state index in [0.717, 1.165) is 5.69 Å². The summed E-state index contributed by atoms with van der Waals surface area (Å²) in [6.07, 6.45) is 2.99. The summed E-state index contributed by atoms with van der Waals surface area (Å²) in [6, 6.07) is 3.87. The molecule has 94 valence electrons. The summed E-state index contributed by atoms with van der Waals surface area (Å²) in [5, 5.41) is 3.31. The Balaban J connectivity index is 1.97. The molecule has 1 saturated heterocycles. The van der Waals surface area contributed by atoms with Gasteiger partial charge in [-0.05, 0) is 18.9 Å². The van der Waals surface area contributed by atoms with Gasteiger partial charge in [-0.1, -0.05) is 0 Å². The van der Waals surface area contributed by atoms with E-state index in [4.69, 9.17) is 4.74 Å². The minimum atomic E-state index is -2.80. The van der Waals surface area contributed by atoms with E-state index in [-0.39, 0.29) is 17.5 Å². The number of methoxy groups -OCH3 is 1. The maximum atomic E-state index is 11.3. The number of anilines is 1. The van der Waals surface area contributed by atoms with Crippen molar-refractivity contribution in [1.29, 1.82) is 0 Å². The van der Waals surface area contributed by atoms with Crippen LogP contribution in [0.3, 0.4) is 0 Å². The zero-order valence-corrected chi connectivity index (χ0v) is 10.5. The Kier molecular flexibility index (Phi) is 3.51. The van der Waals surface area contributed by atoms with Gasteiger partial charge in [0.05, 0.1) is 18.6 Å². The number of pyridine rings is 1. The molecule has 1 fully saturated rings. The van der Waals surface area contributed by atoms with E-state index in [2.05, 4.69) is 10.3 Å². The van der Waals surface area contributed by atoms with Crippen molar-refractivity contribution >= 4 is 15.5 Å². The standard InChI is InChI=1S/C11H16N2O3S/c1-16-11-8-10(2-5-12-11)13-9-3-6-17(14,15)7-4-9/h2,5,8-9H,3-4,6-7H2,1H3,(H,12,13). The third-order valence-corrected chi connectivity index (χ3v) is 4.58. The van der Waals surface area contributed by atoms with Gasteiger partial charge < -0.3 is 10.1 Å². The monoisotopic (exact) mass is 256 g/mol. The number of rotatable bonds is 3. The van der Waals surface area contributed by atoms with E-state index >= 15 is 0 Å². The van der Waals surface area contributed by atoms with Crippen molar-refractivity contribution in [1.82, 2.24) is 4.98 Å². The van der Waals surface area contributed by atoms with Gasteiger partial charge in [-0.25, -0.2) is 13.4 Å². The lowest BCUT2D eigenvalue weighted by Gasteiger charge is -2.24. The SMILES string of the molecule is COc1cc(NC2CCS(=O)(=O)CC2)ccn1. The van der Waals surface area contributed by atoms with Gasteiger partial charge in [0.1, 0.15) is 9.84 Å². The predicted octanol–water partition coefficient (Wildman–Crippen LogP) is 1.08. The third-order valence-electron chi connectivity index (χ3n) is 2.87. The summed E-state index contributed by atoms with van der Waals surface area (Å²) >= 11 is 0. The molecule has 0 amide bonds. The van der Waals surface area contributed by atoms with Crippen LogP contribution in [0.5, 0.6) is 5.88 Å². The molecule has 0 radical (unpaired) electrons. The molecule has 1 N–H and O–H groups in total. The van der Waals surface area contributed by atoms with Crippen LogP contribution in [-0.4, -0.2) is 38.1 Å². The second-order valence-electron chi connectivity index (χ2n) is 4.16. The van der Waals surface area contributed by atoms with E-state index in [1.807, 2.05) is 12.1 Å². The van der Waals surface area contributed by atoms with Crippen LogP contribution < -0.4 is 10.1 Å². The molecule has 0 bridgehead atoms. The summed E-state index contributed by atoms with van der Waals surface area (Å²) in [4.78, 5) is 4.02. The van der Waals surface area contributed by atoms with Crippen molar-refractivity contribution < 1.29 is 13.2 Å². The Bertz CT molecular complexity index is 473. The van der Waals surface area contributed by atoms with E-state index in [0.29, 0.717) is 18.7 Å². The van der Waals surface area contributed by atoms with Gasteiger partial charge in [0.15, 0.2) is 0 Å². The zero-order valence-electron chi connectivity index (χ0n) is 9.72. The van der Waals surface area contributed by atoms with Crippen LogP contribution in [0.2, 0.25) is 0 Å². The first-order valence-corrected chi connectivity index (χ1v) is 7.38. The minimum Gasteiger partial charge on any atom is -0.481 e. The molecule has 0 spiro atoms. The molecule has 17 heavy (non-hydrogen) atoms. The highest BCUT2D eigenvalue weighted by Crippen LogP contribution is 2.19. The summed E-state index contributed by atoms with van der Waals surface area (Å²) < 4.78 is 27.6. The number of hydrogen-bond donors (Lipinski definition) is 1. The van der Waals surface area contributed by atoms with Gasteiger partial charge in [0.25, 0.3) is 0 Å². The summed E-state index contributed by atoms with van der Waals surface area (Å²) in [5.41, 5.74) is 0.918. The number of nitrogens with one attached hydrogen (secondary N) is 1. The number of aromatic nitrogens is 1. The second kappa shape index (κ2) is 4.91. The fourth-order valence-corrected chi connectivity index (χ4v) is 3.37. The Hall–Kier alpha value is -1.30. The fraction of sp³-hybridized carbons (Fsp3) is 0.545. The Morgan fingerprint density at radius 2 is 2.12 bits per heavy atom. The lowest BCUT2D eigenvalue weighted by Crippen LogP contribution is -2.32. The molecule has 5 nitrogen and oxygen atoms in total. The van der Waals surface area contributed by atoms with Crippen LogP contribution in [0, 0.1) is 0 Å². The molecular formula is C11H16N2O3S. The van der Waals surface area contributed by atoms with Crippen LogP contribution >= 0.6 is 0 Å². The minimum absolute atomic E-state index is 0.214. The Morgan fingerprint density at radius 1 is 1.41 bits per heavy atom. The van der Waals surface area contributed by atoms with E-state index in [1.165, 1.54) is 0 Å². The number of nitrogens with zero attached hydrogens (tertiary/aromatic N) is 1. The highest BCUT2D eigenvalue weighted by Gasteiger charge is 2.23. The average Bonchev–Trinajstić information content (AvgIpc) is 2.32. The van der Waals surface area contributed by atoms with Crippen LogP contribution in [0.4, 0.5) is 5.69 Å². The second-order valence-corrected chi connectivity index (χ2v) is 6.46. The molecule has 1 aromatic heterocycles. The van der Waals surface area contributed by atoms with Crippen LogP contribution in [0.1, 0.15) is 12.8 Å². The number of ether oxygens (including phenoxy) is 1. The maximum Gasteiger partial charge on any atom is 0.214 e. The molecule has 2 rings (SSSR count). The molecule has 6 heteroatoms. The van der Waals surface area contributed by atoms with Gasteiger partial charge in [-0.3, -0.25) is 0 Å². The molecule has 1 aliphatic heterocycles. The Labute approximate surface area is 101 Å². The third kappa shape index (κ3) is 3.33. The van der Waals surface area contributed by atoms with Crippen molar-refractivity contribution in [2.75, 3.05) is 23.9 Å². The normalized spacial score (nSPS) is 19.8. The lowest BCUT2D eigenvalue weighted by atomic mass is 10.1. The highest BCUT2D eigenvalue weighted by molar-refractivity contribution is 7.91. The van der Waals surface area contributed by atoms with Crippen LogP contribution in [0.15, 0.2) is 18.3 Å². The van der Waals surface area contributed by atoms with Gasteiger partial charge >= 0.3 is 0 Å². The largest absolute Gasteiger partial charge is 0.481 e. The van der Waals surface area contributed by atoms with Crippen molar-refractivity contribution in [2.24, 2.45) is 0 Å². The first-order chi connectivity index (χ1) is 8.09. The maximum absolute atomic E-state index is 11.3. The van der Waals surface area contributed by atoms with E-state index in [1.54, 1.807) is 13.3 Å². The molecule has 1 aliphatic rings. The molecule has 0 atom stereocenters. The van der Waals surface area contributed by atoms with Gasteiger partial charge in [0, 0.05) is 24.0 Å². The molecule has 0 unspecified atom stereocenters. The molecule has 1 aromatic rings. The van der Waals surface area contributed by atoms with Crippen molar-refractivity contribution in [3.8, 4) is 5.88 Å². The highest BCUT2D eigenvalue weighted by atomic mass is 32.2. The van der Waals surface area contributed by atoms with Crippen molar-refractivity contribution in [3.63, 3.8) is 0 Å². The van der Waals surface area contributed by atoms with E-state index in [9.17, 15) is 8.42 Å². The van der Waals surface area contributed by atoms with E-state index < -0.39 is 9.84 Å².